The van der Waals surface area contributed by atoms with E-state index in [0.29, 0.717) is 5.75 Å². The molecule has 21 heavy (non-hydrogen) atoms. The number of hydrogen-bond donors (Lipinski definition) is 3. The number of benzene rings is 1. The van der Waals surface area contributed by atoms with Crippen molar-refractivity contribution in [3.8, 4) is 5.75 Å². The lowest BCUT2D eigenvalue weighted by atomic mass is 10.0. The van der Waals surface area contributed by atoms with Gasteiger partial charge in [-0.05, 0) is 44.0 Å². The smallest absolute Gasteiger partial charge is 0.306 e. The normalized spacial score (nSPS) is 13.3. The summed E-state index contributed by atoms with van der Waals surface area (Å²) in [5, 5.41) is 20.8. The first-order chi connectivity index (χ1) is 9.68. The van der Waals surface area contributed by atoms with Crippen LogP contribution in [0.15, 0.2) is 18.2 Å². The summed E-state index contributed by atoms with van der Waals surface area (Å²) >= 11 is 0. The van der Waals surface area contributed by atoms with Crippen molar-refractivity contribution in [1.82, 2.24) is 5.32 Å². The lowest BCUT2D eigenvalue weighted by molar-refractivity contribution is -0.142. The molecule has 0 bridgehead atoms. The Morgan fingerprint density at radius 2 is 1.81 bits per heavy atom. The second-order valence-corrected chi connectivity index (χ2v) is 5.46. The van der Waals surface area contributed by atoms with Crippen LogP contribution in [0.3, 0.4) is 0 Å². The topological polar surface area (TPSA) is 95.9 Å². The van der Waals surface area contributed by atoms with Crippen molar-refractivity contribution in [2.75, 3.05) is 13.2 Å². The molecule has 3 N–H and O–H groups in total. The van der Waals surface area contributed by atoms with Gasteiger partial charge in [-0.1, -0.05) is 6.07 Å². The number of carbonyl (C=O) groups is 2. The second kappa shape index (κ2) is 7.08. The monoisotopic (exact) mass is 295 g/mol. The van der Waals surface area contributed by atoms with Crippen molar-refractivity contribution in [2.45, 2.75) is 32.8 Å². The molecular weight excluding hydrogens is 274 g/mol. The van der Waals surface area contributed by atoms with Crippen molar-refractivity contribution >= 4 is 11.9 Å². The number of nitrogens with one attached hydrogen (secondary N) is 1. The van der Waals surface area contributed by atoms with E-state index in [1.807, 2.05) is 32.0 Å². The highest BCUT2D eigenvalue weighted by atomic mass is 16.5. The Kier molecular flexibility index (Phi) is 5.72. The third-order valence-electron chi connectivity index (χ3n) is 2.76. The second-order valence-electron chi connectivity index (χ2n) is 5.46. The average molecular weight is 295 g/mol. The average Bonchev–Trinajstić information content (AvgIpc) is 2.31. The Bertz CT molecular complexity index is 505. The van der Waals surface area contributed by atoms with Crippen molar-refractivity contribution in [3.63, 3.8) is 0 Å². The Labute approximate surface area is 123 Å². The molecule has 0 aromatic heterocycles. The van der Waals surface area contributed by atoms with Crippen LogP contribution in [0.2, 0.25) is 0 Å². The van der Waals surface area contributed by atoms with Crippen LogP contribution in [0.5, 0.6) is 5.75 Å². The fourth-order valence-corrected chi connectivity index (χ4v) is 1.89. The van der Waals surface area contributed by atoms with Gasteiger partial charge in [-0.2, -0.15) is 0 Å². The first kappa shape index (κ1) is 17.0. The number of carboxylic acid groups (broad SMARTS) is 1. The van der Waals surface area contributed by atoms with E-state index < -0.39 is 23.9 Å². The Morgan fingerprint density at radius 3 is 2.33 bits per heavy atom. The molecule has 1 rings (SSSR count). The van der Waals surface area contributed by atoms with E-state index in [4.69, 9.17) is 9.84 Å². The summed E-state index contributed by atoms with van der Waals surface area (Å²) in [7, 11) is 0. The minimum atomic E-state index is -1.48. The summed E-state index contributed by atoms with van der Waals surface area (Å²) in [6.45, 7) is 4.89. The maximum absolute atomic E-state index is 11.6. The Morgan fingerprint density at radius 1 is 1.24 bits per heavy atom. The van der Waals surface area contributed by atoms with E-state index in [-0.39, 0.29) is 13.2 Å². The highest BCUT2D eigenvalue weighted by molar-refractivity contribution is 5.77. The molecule has 116 valence electrons. The molecule has 0 aliphatic carbocycles. The van der Waals surface area contributed by atoms with Gasteiger partial charge in [0.15, 0.2) is 6.61 Å². The van der Waals surface area contributed by atoms with Crippen molar-refractivity contribution < 1.29 is 24.5 Å². The zero-order valence-electron chi connectivity index (χ0n) is 12.5. The van der Waals surface area contributed by atoms with Crippen molar-refractivity contribution in [2.24, 2.45) is 0 Å². The molecule has 1 aromatic rings. The third-order valence-corrected chi connectivity index (χ3v) is 2.76. The van der Waals surface area contributed by atoms with Gasteiger partial charge in [0.05, 0.1) is 12.0 Å². The van der Waals surface area contributed by atoms with Gasteiger partial charge in [-0.25, -0.2) is 0 Å². The quantitative estimate of drug-likeness (QED) is 0.698. The molecular formula is C15H21NO5. The maximum Gasteiger partial charge on any atom is 0.306 e. The van der Waals surface area contributed by atoms with Crippen molar-refractivity contribution in [3.05, 3.63) is 29.3 Å². The van der Waals surface area contributed by atoms with Gasteiger partial charge in [-0.15, -0.1) is 0 Å². The van der Waals surface area contributed by atoms with Crippen LogP contribution in [0.25, 0.3) is 0 Å². The number of hydrogen-bond acceptors (Lipinski definition) is 4. The fourth-order valence-electron chi connectivity index (χ4n) is 1.89. The van der Waals surface area contributed by atoms with Gasteiger partial charge in [0.25, 0.3) is 5.91 Å². The van der Waals surface area contributed by atoms with Gasteiger partial charge in [0.2, 0.25) is 0 Å². The van der Waals surface area contributed by atoms with E-state index in [0.717, 1.165) is 11.1 Å². The van der Waals surface area contributed by atoms with Gasteiger partial charge in [0.1, 0.15) is 5.75 Å². The van der Waals surface area contributed by atoms with Crippen LogP contribution in [-0.2, 0) is 9.59 Å². The van der Waals surface area contributed by atoms with E-state index in [1.165, 1.54) is 6.92 Å². The van der Waals surface area contributed by atoms with E-state index in [1.54, 1.807) is 0 Å². The molecule has 0 fully saturated rings. The van der Waals surface area contributed by atoms with Crippen LogP contribution < -0.4 is 10.1 Å². The zero-order chi connectivity index (χ0) is 16.0. The van der Waals surface area contributed by atoms with Gasteiger partial charge in [-0.3, -0.25) is 9.59 Å². The summed E-state index contributed by atoms with van der Waals surface area (Å²) in [4.78, 5) is 22.2. The number of carboxylic acids is 1. The molecule has 1 unspecified atom stereocenters. The molecule has 6 heteroatoms. The summed E-state index contributed by atoms with van der Waals surface area (Å²) in [6.07, 6.45) is -0.439. The number of aliphatic carboxylic acids is 1. The Balaban J connectivity index is 2.42. The third kappa shape index (κ3) is 6.76. The number of amides is 1. The molecule has 1 amide bonds. The first-order valence-electron chi connectivity index (χ1n) is 6.60. The number of aliphatic hydroxyl groups is 1. The molecule has 0 heterocycles. The Hall–Kier alpha value is -2.08. The molecule has 0 saturated heterocycles. The standard InChI is InChI=1S/C15H21NO5/c1-10-4-11(2)6-12(5-10)21-8-13(17)16-9-15(3,20)7-14(18)19/h4-6,20H,7-9H2,1-3H3,(H,16,17)(H,18,19). The molecule has 1 aromatic carbocycles. The summed E-state index contributed by atoms with van der Waals surface area (Å²) in [5.41, 5.74) is 0.589. The van der Waals surface area contributed by atoms with Gasteiger partial charge >= 0.3 is 5.97 Å². The van der Waals surface area contributed by atoms with Crippen LogP contribution in [0.4, 0.5) is 0 Å². The largest absolute Gasteiger partial charge is 0.484 e. The molecule has 0 aliphatic rings. The molecule has 0 saturated carbocycles. The van der Waals surface area contributed by atoms with Crippen LogP contribution in [0, 0.1) is 13.8 Å². The predicted molar refractivity (Wildman–Crippen MR) is 77.3 cm³/mol. The minimum Gasteiger partial charge on any atom is -0.484 e. The fraction of sp³-hybridized carbons (Fsp3) is 0.467. The molecule has 1 atom stereocenters. The van der Waals surface area contributed by atoms with Crippen LogP contribution in [0.1, 0.15) is 24.5 Å². The van der Waals surface area contributed by atoms with Crippen molar-refractivity contribution in [1.29, 1.82) is 0 Å². The lowest BCUT2D eigenvalue weighted by Crippen LogP contribution is -2.43. The zero-order valence-corrected chi connectivity index (χ0v) is 12.5. The van der Waals surface area contributed by atoms with E-state index >= 15 is 0 Å². The molecule has 0 spiro atoms. The first-order valence-corrected chi connectivity index (χ1v) is 6.60. The van der Waals surface area contributed by atoms with Gasteiger partial charge < -0.3 is 20.3 Å². The highest BCUT2D eigenvalue weighted by Crippen LogP contribution is 2.16. The number of rotatable bonds is 7. The molecule has 0 radical (unpaired) electrons. The van der Waals surface area contributed by atoms with Gasteiger partial charge in [0, 0.05) is 6.54 Å². The van der Waals surface area contributed by atoms with Crippen LogP contribution in [-0.4, -0.2) is 40.8 Å². The number of aryl methyl sites for hydroxylation is 2. The minimum absolute atomic E-state index is 0.145. The predicted octanol–water partition coefficient (Wildman–Crippen LogP) is 1.02. The molecule has 0 aliphatic heterocycles. The van der Waals surface area contributed by atoms with E-state index in [2.05, 4.69) is 5.32 Å². The SMILES string of the molecule is Cc1cc(C)cc(OCC(=O)NCC(C)(O)CC(=O)O)c1. The number of carbonyl (C=O) groups excluding carboxylic acids is 1. The number of ether oxygens (including phenoxy) is 1. The summed E-state index contributed by atoms with van der Waals surface area (Å²) < 4.78 is 5.37. The summed E-state index contributed by atoms with van der Waals surface area (Å²) in [6, 6.07) is 5.64. The highest BCUT2D eigenvalue weighted by Gasteiger charge is 2.24. The summed E-state index contributed by atoms with van der Waals surface area (Å²) in [5.74, 6) is -0.944. The maximum atomic E-state index is 11.6. The van der Waals surface area contributed by atoms with E-state index in [9.17, 15) is 14.7 Å². The lowest BCUT2D eigenvalue weighted by Gasteiger charge is -2.21. The molecule has 6 nitrogen and oxygen atoms in total. The van der Waals surface area contributed by atoms with Crippen LogP contribution >= 0.6 is 0 Å².